The van der Waals surface area contributed by atoms with E-state index in [9.17, 15) is 19.5 Å². The van der Waals surface area contributed by atoms with Gasteiger partial charge in [-0.3, -0.25) is 9.59 Å². The minimum Gasteiger partial charge on any atom is -0.480 e. The molecule has 0 heterocycles. The van der Waals surface area contributed by atoms with Crippen molar-refractivity contribution in [3.8, 4) is 11.1 Å². The third-order valence-electron chi connectivity index (χ3n) is 6.23. The molecule has 0 saturated heterocycles. The van der Waals surface area contributed by atoms with Gasteiger partial charge in [0, 0.05) is 12.5 Å². The van der Waals surface area contributed by atoms with E-state index < -0.39 is 30.6 Å². The SMILES string of the molecule is CCCN(CC(=O)O)C(=O)[C@@H](NC(=O)OCC1c2ccccc2-c2ccccc21)[C@@H](C)CC. The molecule has 1 aliphatic carbocycles. The Kier molecular flexibility index (Phi) is 8.09. The summed E-state index contributed by atoms with van der Waals surface area (Å²) in [6, 6.07) is 15.3. The Balaban J connectivity index is 1.71. The van der Waals surface area contributed by atoms with Gasteiger partial charge in [-0.25, -0.2) is 4.79 Å². The molecule has 0 spiro atoms. The van der Waals surface area contributed by atoms with E-state index in [1.54, 1.807) is 0 Å². The summed E-state index contributed by atoms with van der Waals surface area (Å²) >= 11 is 0. The van der Waals surface area contributed by atoms with Gasteiger partial charge in [0.05, 0.1) is 0 Å². The van der Waals surface area contributed by atoms with Crippen LogP contribution in [0.15, 0.2) is 48.5 Å². The predicted molar refractivity (Wildman–Crippen MR) is 126 cm³/mol. The van der Waals surface area contributed by atoms with E-state index in [1.165, 1.54) is 4.90 Å². The van der Waals surface area contributed by atoms with Crippen LogP contribution in [0.2, 0.25) is 0 Å². The lowest BCUT2D eigenvalue weighted by Crippen LogP contribution is -2.53. The molecule has 0 radical (unpaired) electrons. The smallest absolute Gasteiger partial charge is 0.407 e. The zero-order valence-corrected chi connectivity index (χ0v) is 19.4. The van der Waals surface area contributed by atoms with E-state index >= 15 is 0 Å². The minimum absolute atomic E-state index is 0.0792. The van der Waals surface area contributed by atoms with Crippen LogP contribution in [0, 0.1) is 5.92 Å². The summed E-state index contributed by atoms with van der Waals surface area (Å²) in [5.74, 6) is -1.74. The molecule has 0 unspecified atom stereocenters. The van der Waals surface area contributed by atoms with Gasteiger partial charge in [0.25, 0.3) is 0 Å². The number of rotatable bonds is 10. The van der Waals surface area contributed by atoms with E-state index in [1.807, 2.05) is 57.2 Å². The fourth-order valence-electron chi connectivity index (χ4n) is 4.35. The van der Waals surface area contributed by atoms with E-state index in [2.05, 4.69) is 17.4 Å². The Hall–Kier alpha value is -3.35. The second kappa shape index (κ2) is 11.0. The molecule has 0 aromatic heterocycles. The molecule has 2 aromatic carbocycles. The minimum atomic E-state index is -1.08. The first-order valence-electron chi connectivity index (χ1n) is 11.5. The van der Waals surface area contributed by atoms with Crippen LogP contribution in [-0.2, 0) is 14.3 Å². The van der Waals surface area contributed by atoms with Crippen molar-refractivity contribution in [1.82, 2.24) is 10.2 Å². The molecule has 7 nitrogen and oxygen atoms in total. The van der Waals surface area contributed by atoms with Crippen molar-refractivity contribution < 1.29 is 24.2 Å². The second-order valence-corrected chi connectivity index (χ2v) is 8.49. The molecular weight excluding hydrogens is 420 g/mol. The average molecular weight is 453 g/mol. The molecule has 0 bridgehead atoms. The highest BCUT2D eigenvalue weighted by Crippen LogP contribution is 2.44. The first-order chi connectivity index (χ1) is 15.9. The van der Waals surface area contributed by atoms with E-state index in [4.69, 9.17) is 4.74 Å². The highest BCUT2D eigenvalue weighted by Gasteiger charge is 2.33. The molecule has 3 rings (SSSR count). The van der Waals surface area contributed by atoms with Crippen molar-refractivity contribution >= 4 is 18.0 Å². The largest absolute Gasteiger partial charge is 0.480 e. The summed E-state index contributed by atoms with van der Waals surface area (Å²) < 4.78 is 5.60. The average Bonchev–Trinajstić information content (AvgIpc) is 3.13. The van der Waals surface area contributed by atoms with Gasteiger partial charge < -0.3 is 20.1 Å². The Morgan fingerprint density at radius 2 is 1.61 bits per heavy atom. The zero-order chi connectivity index (χ0) is 24.0. The lowest BCUT2D eigenvalue weighted by Gasteiger charge is -2.29. The molecule has 2 amide bonds. The van der Waals surface area contributed by atoms with Crippen molar-refractivity contribution in [3.63, 3.8) is 0 Å². The summed E-state index contributed by atoms with van der Waals surface area (Å²) in [6.07, 6.45) is 0.590. The molecule has 176 valence electrons. The third-order valence-corrected chi connectivity index (χ3v) is 6.23. The number of hydrogen-bond donors (Lipinski definition) is 2. The van der Waals surface area contributed by atoms with Gasteiger partial charge in [0.1, 0.15) is 19.2 Å². The zero-order valence-electron chi connectivity index (χ0n) is 19.4. The first-order valence-corrected chi connectivity index (χ1v) is 11.5. The fraction of sp³-hybridized carbons (Fsp3) is 0.423. The Morgan fingerprint density at radius 3 is 2.12 bits per heavy atom. The van der Waals surface area contributed by atoms with E-state index in [0.29, 0.717) is 19.4 Å². The summed E-state index contributed by atoms with van der Waals surface area (Å²) in [4.78, 5) is 38.3. The van der Waals surface area contributed by atoms with Gasteiger partial charge in [-0.1, -0.05) is 75.7 Å². The highest BCUT2D eigenvalue weighted by molar-refractivity contribution is 5.88. The van der Waals surface area contributed by atoms with Crippen LogP contribution in [0.5, 0.6) is 0 Å². The second-order valence-electron chi connectivity index (χ2n) is 8.49. The van der Waals surface area contributed by atoms with Gasteiger partial charge in [-0.05, 0) is 34.6 Å². The summed E-state index contributed by atoms with van der Waals surface area (Å²) in [6.45, 7) is 5.72. The molecule has 1 aliphatic rings. The normalized spacial score (nSPS) is 14.0. The number of carboxylic acids is 1. The molecule has 2 atom stereocenters. The van der Waals surface area contributed by atoms with E-state index in [-0.39, 0.29) is 18.4 Å². The molecular formula is C26H32N2O5. The van der Waals surface area contributed by atoms with Crippen molar-refractivity contribution in [2.75, 3.05) is 19.7 Å². The number of aliphatic carboxylic acids is 1. The summed E-state index contributed by atoms with van der Waals surface area (Å²) in [7, 11) is 0. The van der Waals surface area contributed by atoms with Gasteiger partial charge in [0.15, 0.2) is 0 Å². The van der Waals surface area contributed by atoms with Crippen molar-refractivity contribution in [1.29, 1.82) is 0 Å². The number of amides is 2. The van der Waals surface area contributed by atoms with Crippen LogP contribution in [0.3, 0.4) is 0 Å². The van der Waals surface area contributed by atoms with Gasteiger partial charge in [-0.2, -0.15) is 0 Å². The maximum Gasteiger partial charge on any atom is 0.407 e. The third kappa shape index (κ3) is 5.53. The molecule has 7 heteroatoms. The topological polar surface area (TPSA) is 95.9 Å². The lowest BCUT2D eigenvalue weighted by atomic mass is 9.97. The molecule has 0 aliphatic heterocycles. The Bertz CT molecular complexity index is 960. The Labute approximate surface area is 194 Å². The maximum atomic E-state index is 13.1. The number of nitrogens with one attached hydrogen (secondary N) is 1. The monoisotopic (exact) mass is 452 g/mol. The number of carboxylic acid groups (broad SMARTS) is 1. The molecule has 2 aromatic rings. The number of nitrogens with zero attached hydrogens (tertiary/aromatic N) is 1. The standard InChI is InChI=1S/C26H32N2O5/c1-4-14-28(15-23(29)30)25(31)24(17(3)5-2)27-26(32)33-16-22-20-12-8-6-10-18(20)19-11-7-9-13-21(19)22/h6-13,17,22,24H,4-5,14-16H2,1-3H3,(H,27,32)(H,29,30)/t17-,24-/m0/s1. The number of hydrogen-bond acceptors (Lipinski definition) is 4. The van der Waals surface area contributed by atoms with Gasteiger partial charge in [-0.15, -0.1) is 0 Å². The summed E-state index contributed by atoms with van der Waals surface area (Å²) in [5, 5.41) is 11.9. The number of carbonyl (C=O) groups is 3. The Morgan fingerprint density at radius 1 is 1.03 bits per heavy atom. The predicted octanol–water partition coefficient (Wildman–Crippen LogP) is 4.26. The van der Waals surface area contributed by atoms with Crippen LogP contribution in [0.1, 0.15) is 50.7 Å². The highest BCUT2D eigenvalue weighted by atomic mass is 16.5. The molecule has 33 heavy (non-hydrogen) atoms. The molecule has 2 N–H and O–H groups in total. The number of alkyl carbamates (subject to hydrolysis) is 1. The van der Waals surface area contributed by atoms with Crippen LogP contribution in [0.4, 0.5) is 4.79 Å². The van der Waals surface area contributed by atoms with Crippen molar-refractivity contribution in [3.05, 3.63) is 59.7 Å². The van der Waals surface area contributed by atoms with Gasteiger partial charge >= 0.3 is 12.1 Å². The summed E-state index contributed by atoms with van der Waals surface area (Å²) in [5.41, 5.74) is 4.49. The molecule has 0 fully saturated rings. The van der Waals surface area contributed by atoms with Gasteiger partial charge in [0.2, 0.25) is 5.91 Å². The quantitative estimate of drug-likeness (QED) is 0.561. The van der Waals surface area contributed by atoms with Crippen LogP contribution < -0.4 is 5.32 Å². The van der Waals surface area contributed by atoms with Crippen LogP contribution in [0.25, 0.3) is 11.1 Å². The maximum absolute atomic E-state index is 13.1. The first kappa shape index (κ1) is 24.3. The number of ether oxygens (including phenoxy) is 1. The van der Waals surface area contributed by atoms with E-state index in [0.717, 1.165) is 22.3 Å². The number of carbonyl (C=O) groups excluding carboxylic acids is 2. The fourth-order valence-corrected chi connectivity index (χ4v) is 4.35. The van der Waals surface area contributed by atoms with Crippen LogP contribution in [-0.4, -0.2) is 53.7 Å². The van der Waals surface area contributed by atoms with Crippen molar-refractivity contribution in [2.24, 2.45) is 5.92 Å². The van der Waals surface area contributed by atoms with Crippen molar-refractivity contribution in [2.45, 2.75) is 45.6 Å². The lowest BCUT2D eigenvalue weighted by molar-refractivity contribution is -0.145. The number of fused-ring (bicyclic) bond motifs is 3. The van der Waals surface area contributed by atoms with Crippen LogP contribution >= 0.6 is 0 Å². The molecule has 0 saturated carbocycles. The number of benzene rings is 2.